The van der Waals surface area contributed by atoms with Gasteiger partial charge in [-0.2, -0.15) is 0 Å². The number of hydrogen-bond donors (Lipinski definition) is 2. The van der Waals surface area contributed by atoms with E-state index in [0.29, 0.717) is 23.6 Å². The van der Waals surface area contributed by atoms with E-state index in [-0.39, 0.29) is 11.7 Å². The second-order valence-corrected chi connectivity index (χ2v) is 8.47. The molecule has 1 aromatic rings. The highest BCUT2D eigenvalue weighted by atomic mass is 32.2. The van der Waals surface area contributed by atoms with E-state index in [2.05, 4.69) is 10.0 Å². The fourth-order valence-corrected chi connectivity index (χ4v) is 4.30. The van der Waals surface area contributed by atoms with Crippen molar-refractivity contribution in [2.24, 2.45) is 5.92 Å². The number of carbonyl (C=O) groups is 1. The first-order chi connectivity index (χ1) is 11.9. The number of rotatable bonds is 8. The van der Waals surface area contributed by atoms with Crippen LogP contribution >= 0.6 is 0 Å². The summed E-state index contributed by atoms with van der Waals surface area (Å²) < 4.78 is 26.3. The van der Waals surface area contributed by atoms with Crippen molar-refractivity contribution in [2.75, 3.05) is 37.2 Å². The molecular formula is C18H29N3O3S. The molecule has 0 unspecified atom stereocenters. The van der Waals surface area contributed by atoms with Gasteiger partial charge in [0.15, 0.2) is 0 Å². The summed E-state index contributed by atoms with van der Waals surface area (Å²) in [4.78, 5) is 14.6. The van der Waals surface area contributed by atoms with Crippen LogP contribution in [0.3, 0.4) is 0 Å². The minimum absolute atomic E-state index is 0.0244. The SMILES string of the molecule is CCCS(=O)(=O)Nc1cccc(C(=O)N2CCC(CCNC)CC2)c1. The van der Waals surface area contributed by atoms with Crippen molar-refractivity contribution in [3.63, 3.8) is 0 Å². The summed E-state index contributed by atoms with van der Waals surface area (Å²) in [5.41, 5.74) is 0.980. The molecule has 2 N–H and O–H groups in total. The molecule has 1 aliphatic heterocycles. The Morgan fingerprint density at radius 1 is 1.28 bits per heavy atom. The minimum atomic E-state index is -3.35. The summed E-state index contributed by atoms with van der Waals surface area (Å²) in [7, 11) is -1.39. The molecule has 0 spiro atoms. The van der Waals surface area contributed by atoms with Gasteiger partial charge < -0.3 is 10.2 Å². The van der Waals surface area contributed by atoms with Crippen LogP contribution in [0.1, 0.15) is 43.0 Å². The predicted octanol–water partition coefficient (Wildman–Crippen LogP) is 2.30. The topological polar surface area (TPSA) is 78.5 Å². The van der Waals surface area contributed by atoms with Gasteiger partial charge in [-0.3, -0.25) is 9.52 Å². The van der Waals surface area contributed by atoms with E-state index >= 15 is 0 Å². The van der Waals surface area contributed by atoms with Crippen LogP contribution < -0.4 is 10.0 Å². The van der Waals surface area contributed by atoms with E-state index in [0.717, 1.165) is 38.9 Å². The lowest BCUT2D eigenvalue weighted by atomic mass is 9.93. The van der Waals surface area contributed by atoms with Crippen LogP contribution in [0.4, 0.5) is 5.69 Å². The molecular weight excluding hydrogens is 338 g/mol. The molecule has 0 aromatic heterocycles. The van der Waals surface area contributed by atoms with Crippen LogP contribution in [-0.2, 0) is 10.0 Å². The van der Waals surface area contributed by atoms with Crippen LogP contribution in [0.2, 0.25) is 0 Å². The van der Waals surface area contributed by atoms with Crippen molar-refractivity contribution in [1.82, 2.24) is 10.2 Å². The van der Waals surface area contributed by atoms with E-state index in [4.69, 9.17) is 0 Å². The Kier molecular flexibility index (Phi) is 7.25. The molecule has 140 valence electrons. The maximum Gasteiger partial charge on any atom is 0.253 e. The molecule has 2 rings (SSSR count). The number of hydrogen-bond acceptors (Lipinski definition) is 4. The molecule has 0 radical (unpaired) electrons. The number of piperidine rings is 1. The monoisotopic (exact) mass is 367 g/mol. The molecule has 0 saturated carbocycles. The molecule has 6 nitrogen and oxygen atoms in total. The van der Waals surface area contributed by atoms with Crippen LogP contribution in [0.25, 0.3) is 0 Å². The molecule has 1 heterocycles. The number of nitrogens with one attached hydrogen (secondary N) is 2. The lowest BCUT2D eigenvalue weighted by Crippen LogP contribution is -2.39. The van der Waals surface area contributed by atoms with Gasteiger partial charge in [-0.1, -0.05) is 13.0 Å². The van der Waals surface area contributed by atoms with Gasteiger partial charge in [0.2, 0.25) is 10.0 Å². The summed E-state index contributed by atoms with van der Waals surface area (Å²) >= 11 is 0. The van der Waals surface area contributed by atoms with E-state index in [1.807, 2.05) is 18.9 Å². The van der Waals surface area contributed by atoms with E-state index in [9.17, 15) is 13.2 Å². The van der Waals surface area contributed by atoms with Crippen molar-refractivity contribution in [3.8, 4) is 0 Å². The highest BCUT2D eigenvalue weighted by molar-refractivity contribution is 7.92. The van der Waals surface area contributed by atoms with Crippen LogP contribution in [-0.4, -0.2) is 51.7 Å². The minimum Gasteiger partial charge on any atom is -0.339 e. The van der Waals surface area contributed by atoms with Gasteiger partial charge >= 0.3 is 0 Å². The Bertz CT molecular complexity index is 668. The number of nitrogens with zero attached hydrogens (tertiary/aromatic N) is 1. The van der Waals surface area contributed by atoms with Gasteiger partial charge in [-0.25, -0.2) is 8.42 Å². The number of likely N-dealkylation sites (tertiary alicyclic amines) is 1. The first kappa shape index (κ1) is 19.7. The lowest BCUT2D eigenvalue weighted by molar-refractivity contribution is 0.0687. The number of amides is 1. The number of benzene rings is 1. The smallest absolute Gasteiger partial charge is 0.253 e. The standard InChI is InChI=1S/C18H29N3O3S/c1-3-13-25(23,24)20-17-6-4-5-16(14-17)18(22)21-11-8-15(9-12-21)7-10-19-2/h4-6,14-15,19-20H,3,7-13H2,1-2H3. The molecule has 25 heavy (non-hydrogen) atoms. The maximum atomic E-state index is 12.7. The lowest BCUT2D eigenvalue weighted by Gasteiger charge is -2.32. The third-order valence-electron chi connectivity index (χ3n) is 4.56. The summed E-state index contributed by atoms with van der Waals surface area (Å²) in [5.74, 6) is 0.720. The fourth-order valence-electron chi connectivity index (χ4n) is 3.17. The second-order valence-electron chi connectivity index (χ2n) is 6.63. The number of carbonyl (C=O) groups excluding carboxylic acids is 1. The Balaban J connectivity index is 1.97. The van der Waals surface area contributed by atoms with E-state index in [1.54, 1.807) is 24.3 Å². The summed E-state index contributed by atoms with van der Waals surface area (Å²) in [6.45, 7) is 4.36. The quantitative estimate of drug-likeness (QED) is 0.739. The Morgan fingerprint density at radius 2 is 2.00 bits per heavy atom. The molecule has 0 bridgehead atoms. The average molecular weight is 368 g/mol. The predicted molar refractivity (Wildman–Crippen MR) is 101 cm³/mol. The highest BCUT2D eigenvalue weighted by Crippen LogP contribution is 2.22. The van der Waals surface area contributed by atoms with Crippen LogP contribution in [0.15, 0.2) is 24.3 Å². The van der Waals surface area contributed by atoms with Crippen molar-refractivity contribution >= 4 is 21.6 Å². The molecule has 1 fully saturated rings. The first-order valence-corrected chi connectivity index (χ1v) is 10.6. The summed E-state index contributed by atoms with van der Waals surface area (Å²) in [6.07, 6.45) is 3.75. The molecule has 0 aliphatic carbocycles. The van der Waals surface area contributed by atoms with E-state index < -0.39 is 10.0 Å². The number of sulfonamides is 1. The third-order valence-corrected chi connectivity index (χ3v) is 6.05. The summed E-state index contributed by atoms with van der Waals surface area (Å²) in [6, 6.07) is 6.76. The van der Waals surface area contributed by atoms with Gasteiger partial charge in [-0.15, -0.1) is 0 Å². The van der Waals surface area contributed by atoms with Crippen LogP contribution in [0.5, 0.6) is 0 Å². The Labute approximate surface area is 151 Å². The molecule has 1 aliphatic rings. The first-order valence-electron chi connectivity index (χ1n) is 8.99. The van der Waals surface area contributed by atoms with Crippen molar-refractivity contribution in [1.29, 1.82) is 0 Å². The van der Waals surface area contributed by atoms with Crippen LogP contribution in [0, 0.1) is 5.92 Å². The maximum absolute atomic E-state index is 12.7. The molecule has 1 aromatic carbocycles. The largest absolute Gasteiger partial charge is 0.339 e. The molecule has 1 amide bonds. The van der Waals surface area contributed by atoms with Gasteiger partial charge in [0.05, 0.1) is 5.75 Å². The van der Waals surface area contributed by atoms with Crippen molar-refractivity contribution in [2.45, 2.75) is 32.6 Å². The normalized spacial score (nSPS) is 16.0. The van der Waals surface area contributed by atoms with Gasteiger partial charge in [0, 0.05) is 24.3 Å². The summed E-state index contributed by atoms with van der Waals surface area (Å²) in [5, 5.41) is 3.17. The third kappa shape index (κ3) is 6.01. The molecule has 1 saturated heterocycles. The van der Waals surface area contributed by atoms with Gasteiger partial charge in [0.1, 0.15) is 0 Å². The average Bonchev–Trinajstić information content (AvgIpc) is 2.59. The van der Waals surface area contributed by atoms with E-state index in [1.165, 1.54) is 0 Å². The van der Waals surface area contributed by atoms with Crippen molar-refractivity contribution in [3.05, 3.63) is 29.8 Å². The second kappa shape index (κ2) is 9.20. The van der Waals surface area contributed by atoms with Crippen molar-refractivity contribution < 1.29 is 13.2 Å². The van der Waals surface area contributed by atoms with Gasteiger partial charge in [0.25, 0.3) is 5.91 Å². The molecule has 7 heteroatoms. The Hall–Kier alpha value is -1.60. The fraction of sp³-hybridized carbons (Fsp3) is 0.611. The molecule has 0 atom stereocenters. The highest BCUT2D eigenvalue weighted by Gasteiger charge is 2.23. The van der Waals surface area contributed by atoms with Gasteiger partial charge in [-0.05, 0) is 63.4 Å². The number of anilines is 1. The zero-order valence-electron chi connectivity index (χ0n) is 15.1. The Morgan fingerprint density at radius 3 is 2.64 bits per heavy atom. The zero-order chi connectivity index (χ0) is 18.3. The zero-order valence-corrected chi connectivity index (χ0v) is 15.9.